The minimum atomic E-state index is -1.36. The van der Waals surface area contributed by atoms with Crippen molar-refractivity contribution in [1.29, 1.82) is 0 Å². The van der Waals surface area contributed by atoms with Crippen molar-refractivity contribution in [2.45, 2.75) is 48.7 Å². The van der Waals surface area contributed by atoms with Gasteiger partial charge in [-0.05, 0) is 0 Å². The lowest BCUT2D eigenvalue weighted by molar-refractivity contribution is -0.192. The smallest absolute Gasteiger partial charge is 0.330 e. The van der Waals surface area contributed by atoms with Crippen LogP contribution in [0.25, 0.3) is 0 Å². The number of nitrogens with zero attached hydrogens (tertiary/aromatic N) is 1. The average Bonchev–Trinajstić information content (AvgIpc) is 2.98. The van der Waals surface area contributed by atoms with Gasteiger partial charge < -0.3 is 52.4 Å². The summed E-state index contributed by atoms with van der Waals surface area (Å²) < 4.78 is 5.37. The van der Waals surface area contributed by atoms with E-state index >= 15 is 0 Å². The van der Waals surface area contributed by atoms with Gasteiger partial charge in [0.2, 0.25) is 0 Å². The summed E-state index contributed by atoms with van der Waals surface area (Å²) in [4.78, 5) is 15.2. The zero-order valence-electron chi connectivity index (χ0n) is 12.7. The molecule has 0 aromatic carbocycles. The van der Waals surface area contributed by atoms with E-state index in [4.69, 9.17) is 21.3 Å². The van der Waals surface area contributed by atoms with E-state index in [9.17, 15) is 25.2 Å². The lowest BCUT2D eigenvalue weighted by atomic mass is 9.97. The zero-order valence-corrected chi connectivity index (χ0v) is 12.7. The number of hydrogen-bond acceptors (Lipinski definition) is 11. The van der Waals surface area contributed by atoms with Crippen LogP contribution < -0.4 is 22.1 Å². The van der Waals surface area contributed by atoms with Crippen LogP contribution in [0.1, 0.15) is 0 Å². The fourth-order valence-electron chi connectivity index (χ4n) is 2.64. The molecule has 1 fully saturated rings. The molecule has 2 rings (SSSR count). The predicted molar refractivity (Wildman–Crippen MR) is 79.7 cm³/mol. The molecule has 2 heterocycles. The highest BCUT2D eigenvalue weighted by Gasteiger charge is 2.44. The number of guanidine groups is 1. The third-order valence-corrected chi connectivity index (χ3v) is 4.09. The maximum Gasteiger partial charge on any atom is 0.330 e. The third kappa shape index (κ3) is 3.59. The SMILES string of the molecule is N[C@@H]1[C@H](O)[C@@H](O)[C@@H](CO)O[C@H]1NC1=N[C@@H](C(=O)O)[C@H]([C@H](N)CO)N1. The van der Waals surface area contributed by atoms with Gasteiger partial charge in [0.25, 0.3) is 0 Å². The number of carbonyl (C=O) groups is 1. The quantitative estimate of drug-likeness (QED) is 0.228. The molecule has 0 saturated carbocycles. The standard InChI is InChI=1S/C12H23N5O7/c13-3(1-18)6-7(11(22)23)16-12(15-6)17-10-5(14)9(21)8(20)4(2-19)24-10/h3-10,18-21H,1-2,13-14H2,(H,22,23)(H2,15,16,17)/t3-,4-,5-,6+,7-,8+,9+,10-/m1/s1. The van der Waals surface area contributed by atoms with E-state index in [1.165, 1.54) is 0 Å². The molecule has 138 valence electrons. The van der Waals surface area contributed by atoms with Crippen molar-refractivity contribution in [1.82, 2.24) is 10.6 Å². The van der Waals surface area contributed by atoms with E-state index < -0.39 is 67.9 Å². The Kier molecular flexibility index (Phi) is 5.92. The summed E-state index contributed by atoms with van der Waals surface area (Å²) in [5, 5.41) is 52.5. The summed E-state index contributed by atoms with van der Waals surface area (Å²) in [7, 11) is 0. The Labute approximate surface area is 137 Å². The van der Waals surface area contributed by atoms with Gasteiger partial charge in [0.15, 0.2) is 12.0 Å². The maximum atomic E-state index is 11.3. The Morgan fingerprint density at radius 2 is 2.04 bits per heavy atom. The van der Waals surface area contributed by atoms with Crippen LogP contribution in [0.2, 0.25) is 0 Å². The van der Waals surface area contributed by atoms with Crippen molar-refractivity contribution in [3.8, 4) is 0 Å². The minimum Gasteiger partial charge on any atom is -0.480 e. The number of aliphatic imine (C=N–C) groups is 1. The predicted octanol–water partition coefficient (Wildman–Crippen LogP) is -5.56. The fourth-order valence-corrected chi connectivity index (χ4v) is 2.64. The Morgan fingerprint density at radius 3 is 2.58 bits per heavy atom. The van der Waals surface area contributed by atoms with E-state index in [1.807, 2.05) is 0 Å². The minimum absolute atomic E-state index is 0.0111. The fraction of sp³-hybridized carbons (Fsp3) is 0.833. The number of hydrogen-bond donors (Lipinski definition) is 9. The number of rotatable bonds is 5. The van der Waals surface area contributed by atoms with Gasteiger partial charge in [-0.1, -0.05) is 0 Å². The number of aliphatic carboxylic acids is 1. The second-order valence-corrected chi connectivity index (χ2v) is 5.76. The molecule has 12 nitrogen and oxygen atoms in total. The molecule has 0 aliphatic carbocycles. The Bertz CT molecular complexity index is 490. The van der Waals surface area contributed by atoms with Crippen LogP contribution in [0.3, 0.4) is 0 Å². The molecule has 24 heavy (non-hydrogen) atoms. The summed E-state index contributed by atoms with van der Waals surface area (Å²) in [6, 6.07) is -3.99. The molecule has 0 aromatic rings. The van der Waals surface area contributed by atoms with Gasteiger partial charge in [0, 0.05) is 0 Å². The van der Waals surface area contributed by atoms with Crippen molar-refractivity contribution >= 4 is 11.9 Å². The molecule has 2 aliphatic rings. The molecular weight excluding hydrogens is 326 g/mol. The van der Waals surface area contributed by atoms with Gasteiger partial charge >= 0.3 is 5.97 Å². The van der Waals surface area contributed by atoms with Crippen LogP contribution in [-0.4, -0.2) is 99.4 Å². The largest absolute Gasteiger partial charge is 0.480 e. The topological polar surface area (TPSA) is 216 Å². The average molecular weight is 349 g/mol. The van der Waals surface area contributed by atoms with Gasteiger partial charge in [0.05, 0.1) is 31.3 Å². The zero-order chi connectivity index (χ0) is 18.0. The second kappa shape index (κ2) is 7.57. The Morgan fingerprint density at radius 1 is 1.38 bits per heavy atom. The molecule has 0 unspecified atom stereocenters. The first-order chi connectivity index (χ1) is 11.3. The van der Waals surface area contributed by atoms with Crippen molar-refractivity contribution < 1.29 is 35.1 Å². The third-order valence-electron chi connectivity index (χ3n) is 4.09. The van der Waals surface area contributed by atoms with Crippen LogP contribution >= 0.6 is 0 Å². The molecule has 0 bridgehead atoms. The molecule has 1 saturated heterocycles. The van der Waals surface area contributed by atoms with E-state index in [2.05, 4.69) is 15.6 Å². The maximum absolute atomic E-state index is 11.3. The number of carboxylic acids is 1. The lowest BCUT2D eigenvalue weighted by Gasteiger charge is -2.41. The van der Waals surface area contributed by atoms with E-state index in [-0.39, 0.29) is 5.96 Å². The van der Waals surface area contributed by atoms with Gasteiger partial charge in [0.1, 0.15) is 24.5 Å². The van der Waals surface area contributed by atoms with Crippen molar-refractivity contribution in [2.75, 3.05) is 13.2 Å². The highest BCUT2D eigenvalue weighted by atomic mass is 16.5. The number of nitrogens with two attached hydrogens (primary N) is 2. The van der Waals surface area contributed by atoms with E-state index in [0.717, 1.165) is 0 Å². The van der Waals surface area contributed by atoms with Gasteiger partial charge in [-0.25, -0.2) is 9.79 Å². The van der Waals surface area contributed by atoms with Crippen LogP contribution in [0.4, 0.5) is 0 Å². The Hall–Kier alpha value is -1.54. The second-order valence-electron chi connectivity index (χ2n) is 5.76. The summed E-state index contributed by atoms with van der Waals surface area (Å²) in [6.45, 7) is -0.986. The summed E-state index contributed by atoms with van der Waals surface area (Å²) in [5.41, 5.74) is 11.5. The normalized spacial score (nSPS) is 40.6. The molecule has 0 amide bonds. The van der Waals surface area contributed by atoms with Crippen LogP contribution in [-0.2, 0) is 9.53 Å². The lowest BCUT2D eigenvalue weighted by Crippen LogP contribution is -2.67. The highest BCUT2D eigenvalue weighted by Crippen LogP contribution is 2.19. The first kappa shape index (κ1) is 18.8. The first-order valence-corrected chi connectivity index (χ1v) is 7.38. The number of carboxylic acid groups (broad SMARTS) is 1. The van der Waals surface area contributed by atoms with Gasteiger partial charge in [-0.3, -0.25) is 0 Å². The Balaban J connectivity index is 2.09. The highest BCUT2D eigenvalue weighted by molar-refractivity contribution is 5.89. The summed E-state index contributed by atoms with van der Waals surface area (Å²) in [5.74, 6) is -1.22. The molecular formula is C12H23N5O7. The number of ether oxygens (including phenoxy) is 1. The number of aliphatic hydroxyl groups is 4. The number of nitrogens with one attached hydrogen (secondary N) is 2. The van der Waals surface area contributed by atoms with Crippen LogP contribution in [0, 0.1) is 0 Å². The molecule has 0 radical (unpaired) electrons. The molecule has 8 atom stereocenters. The van der Waals surface area contributed by atoms with Crippen molar-refractivity contribution in [2.24, 2.45) is 16.5 Å². The van der Waals surface area contributed by atoms with E-state index in [0.29, 0.717) is 0 Å². The van der Waals surface area contributed by atoms with Gasteiger partial charge in [-0.15, -0.1) is 0 Å². The monoisotopic (exact) mass is 349 g/mol. The summed E-state index contributed by atoms with van der Waals surface area (Å²) in [6.07, 6.45) is -4.82. The molecule has 0 aromatic heterocycles. The van der Waals surface area contributed by atoms with Crippen molar-refractivity contribution in [3.05, 3.63) is 0 Å². The summed E-state index contributed by atoms with van der Waals surface area (Å²) >= 11 is 0. The van der Waals surface area contributed by atoms with E-state index in [1.54, 1.807) is 0 Å². The molecule has 11 N–H and O–H groups in total. The van der Waals surface area contributed by atoms with Gasteiger partial charge in [-0.2, -0.15) is 0 Å². The van der Waals surface area contributed by atoms with Crippen molar-refractivity contribution in [3.63, 3.8) is 0 Å². The molecule has 12 heteroatoms. The van der Waals surface area contributed by atoms with Crippen LogP contribution in [0.15, 0.2) is 4.99 Å². The first-order valence-electron chi connectivity index (χ1n) is 7.38. The number of aliphatic hydroxyl groups excluding tert-OH is 4. The molecule has 2 aliphatic heterocycles. The molecule has 0 spiro atoms. The van der Waals surface area contributed by atoms with Crippen LogP contribution in [0.5, 0.6) is 0 Å².